The van der Waals surface area contributed by atoms with Crippen molar-refractivity contribution in [2.24, 2.45) is 5.41 Å². The predicted molar refractivity (Wildman–Crippen MR) is 74.7 cm³/mol. The molecule has 0 bridgehead atoms. The zero-order chi connectivity index (χ0) is 13.2. The van der Waals surface area contributed by atoms with Gasteiger partial charge in [0.1, 0.15) is 0 Å². The Labute approximate surface area is 115 Å². The smallest absolute Gasteiger partial charge is 0.319 e. The van der Waals surface area contributed by atoms with Gasteiger partial charge in [-0.25, -0.2) is 4.79 Å². The first-order valence-corrected chi connectivity index (χ1v) is 6.76. The molecule has 2 amide bonds. The second kappa shape index (κ2) is 5.28. The first kappa shape index (κ1) is 13.4. The number of aliphatic hydroxyl groups excluding tert-OH is 1. The minimum Gasteiger partial charge on any atom is -0.396 e. The number of benzene rings is 1. The molecule has 5 heteroatoms. The van der Waals surface area contributed by atoms with E-state index in [4.69, 9.17) is 5.11 Å². The lowest BCUT2D eigenvalue weighted by Gasteiger charge is -2.14. The third-order valence-corrected chi connectivity index (χ3v) is 3.85. The summed E-state index contributed by atoms with van der Waals surface area (Å²) in [7, 11) is 0. The molecule has 1 aliphatic carbocycles. The van der Waals surface area contributed by atoms with Gasteiger partial charge in [0.25, 0.3) is 0 Å². The molecule has 0 heterocycles. The summed E-state index contributed by atoms with van der Waals surface area (Å²) in [4.78, 5) is 11.7. The number of urea groups is 1. The van der Waals surface area contributed by atoms with Crippen molar-refractivity contribution >= 4 is 27.6 Å². The molecule has 18 heavy (non-hydrogen) atoms. The third kappa shape index (κ3) is 3.23. The Morgan fingerprint density at radius 2 is 2.22 bits per heavy atom. The van der Waals surface area contributed by atoms with Crippen LogP contribution in [0.2, 0.25) is 0 Å². The van der Waals surface area contributed by atoms with Crippen LogP contribution in [0.5, 0.6) is 0 Å². The highest BCUT2D eigenvalue weighted by molar-refractivity contribution is 9.10. The maximum atomic E-state index is 11.7. The van der Waals surface area contributed by atoms with Crippen LogP contribution in [0.15, 0.2) is 22.7 Å². The number of aliphatic hydroxyl groups is 1. The number of carbonyl (C=O) groups excluding carboxylic acids is 1. The van der Waals surface area contributed by atoms with E-state index in [9.17, 15) is 4.79 Å². The number of anilines is 1. The average Bonchev–Trinajstić information content (AvgIpc) is 3.11. The first-order valence-electron chi connectivity index (χ1n) is 5.97. The predicted octanol–water partition coefficient (Wildman–Crippen LogP) is 2.65. The zero-order valence-corrected chi connectivity index (χ0v) is 11.9. The van der Waals surface area contributed by atoms with Crippen LogP contribution in [0.4, 0.5) is 10.5 Å². The van der Waals surface area contributed by atoms with E-state index in [1.807, 2.05) is 25.1 Å². The second-order valence-electron chi connectivity index (χ2n) is 4.93. The molecule has 0 unspecified atom stereocenters. The fraction of sp³-hybridized carbons (Fsp3) is 0.462. The quantitative estimate of drug-likeness (QED) is 0.800. The summed E-state index contributed by atoms with van der Waals surface area (Å²) in [5.41, 5.74) is 1.74. The summed E-state index contributed by atoms with van der Waals surface area (Å²) in [6.07, 6.45) is 1.97. The van der Waals surface area contributed by atoms with Gasteiger partial charge >= 0.3 is 6.03 Å². The Morgan fingerprint density at radius 1 is 1.50 bits per heavy atom. The van der Waals surface area contributed by atoms with Gasteiger partial charge in [0.2, 0.25) is 0 Å². The highest BCUT2D eigenvalue weighted by atomic mass is 79.9. The largest absolute Gasteiger partial charge is 0.396 e. The van der Waals surface area contributed by atoms with Crippen LogP contribution in [-0.2, 0) is 0 Å². The minimum absolute atomic E-state index is 0.0634. The molecule has 1 saturated carbocycles. The molecule has 98 valence electrons. The molecular formula is C13H17BrN2O2. The summed E-state index contributed by atoms with van der Waals surface area (Å²) in [5, 5.41) is 14.8. The molecule has 0 aliphatic heterocycles. The van der Waals surface area contributed by atoms with Crippen LogP contribution in [0, 0.1) is 12.3 Å². The lowest BCUT2D eigenvalue weighted by molar-refractivity contribution is 0.206. The molecule has 0 aromatic heterocycles. The summed E-state index contributed by atoms with van der Waals surface area (Å²) in [5.74, 6) is 0. The van der Waals surface area contributed by atoms with Gasteiger partial charge in [-0.1, -0.05) is 15.9 Å². The molecule has 1 aliphatic rings. The monoisotopic (exact) mass is 312 g/mol. The summed E-state index contributed by atoms with van der Waals surface area (Å²) in [6.45, 7) is 2.62. The molecule has 3 N–H and O–H groups in total. The van der Waals surface area contributed by atoms with Crippen molar-refractivity contribution in [3.05, 3.63) is 28.2 Å². The molecule has 0 radical (unpaired) electrons. The van der Waals surface area contributed by atoms with Crippen LogP contribution >= 0.6 is 15.9 Å². The normalized spacial score (nSPS) is 16.2. The number of rotatable bonds is 4. The number of halogens is 1. The van der Waals surface area contributed by atoms with Gasteiger partial charge in [0.15, 0.2) is 0 Å². The topological polar surface area (TPSA) is 61.4 Å². The Morgan fingerprint density at radius 3 is 2.78 bits per heavy atom. The molecule has 1 aromatic rings. The van der Waals surface area contributed by atoms with Gasteiger partial charge in [0, 0.05) is 22.1 Å². The van der Waals surface area contributed by atoms with E-state index in [0.717, 1.165) is 28.6 Å². The summed E-state index contributed by atoms with van der Waals surface area (Å²) < 4.78 is 0.989. The van der Waals surface area contributed by atoms with Crippen LogP contribution < -0.4 is 10.6 Å². The first-order chi connectivity index (χ1) is 8.54. The van der Waals surface area contributed by atoms with Gasteiger partial charge < -0.3 is 15.7 Å². The minimum atomic E-state index is -0.222. The van der Waals surface area contributed by atoms with Crippen LogP contribution in [-0.4, -0.2) is 24.3 Å². The molecule has 0 saturated heterocycles. The molecule has 1 aromatic carbocycles. The van der Waals surface area contributed by atoms with E-state index in [0.29, 0.717) is 6.54 Å². The van der Waals surface area contributed by atoms with Gasteiger partial charge in [-0.3, -0.25) is 0 Å². The zero-order valence-electron chi connectivity index (χ0n) is 10.3. The number of aryl methyl sites for hydroxylation is 1. The number of carbonyl (C=O) groups is 1. The van der Waals surface area contributed by atoms with E-state index >= 15 is 0 Å². The van der Waals surface area contributed by atoms with E-state index < -0.39 is 0 Å². The number of nitrogens with one attached hydrogen (secondary N) is 2. The molecule has 1 fully saturated rings. The lowest BCUT2D eigenvalue weighted by atomic mass is 10.1. The van der Waals surface area contributed by atoms with Crippen LogP contribution in [0.25, 0.3) is 0 Å². The Balaban J connectivity index is 1.87. The maximum absolute atomic E-state index is 11.7. The highest BCUT2D eigenvalue weighted by Gasteiger charge is 2.42. The Hall–Kier alpha value is -1.07. The van der Waals surface area contributed by atoms with Gasteiger partial charge in [-0.15, -0.1) is 0 Å². The van der Waals surface area contributed by atoms with Crippen molar-refractivity contribution in [3.63, 3.8) is 0 Å². The SMILES string of the molecule is Cc1cc(Br)ccc1NC(=O)NCC1(CO)CC1. The summed E-state index contributed by atoms with van der Waals surface area (Å²) >= 11 is 3.38. The van der Waals surface area contributed by atoms with Crippen molar-refractivity contribution < 1.29 is 9.90 Å². The van der Waals surface area contributed by atoms with Crippen molar-refractivity contribution in [2.45, 2.75) is 19.8 Å². The standard InChI is InChI=1S/C13H17BrN2O2/c1-9-6-10(14)2-3-11(9)16-12(18)15-7-13(8-17)4-5-13/h2-3,6,17H,4-5,7-8H2,1H3,(H2,15,16,18). The van der Waals surface area contributed by atoms with Crippen molar-refractivity contribution in [3.8, 4) is 0 Å². The van der Waals surface area contributed by atoms with Gasteiger partial charge in [-0.2, -0.15) is 0 Å². The van der Waals surface area contributed by atoms with E-state index in [1.165, 1.54) is 0 Å². The van der Waals surface area contributed by atoms with E-state index in [1.54, 1.807) is 0 Å². The highest BCUT2D eigenvalue weighted by Crippen LogP contribution is 2.44. The van der Waals surface area contributed by atoms with Crippen molar-refractivity contribution in [1.29, 1.82) is 0 Å². The Kier molecular flexibility index (Phi) is 3.92. The number of amides is 2. The summed E-state index contributed by atoms with van der Waals surface area (Å²) in [6, 6.07) is 5.47. The Bertz CT molecular complexity index is 458. The fourth-order valence-electron chi connectivity index (χ4n) is 1.77. The second-order valence-corrected chi connectivity index (χ2v) is 5.84. The molecule has 4 nitrogen and oxygen atoms in total. The lowest BCUT2D eigenvalue weighted by Crippen LogP contribution is -2.35. The number of hydrogen-bond acceptors (Lipinski definition) is 2. The maximum Gasteiger partial charge on any atom is 0.319 e. The van der Waals surface area contributed by atoms with Crippen LogP contribution in [0.3, 0.4) is 0 Å². The fourth-order valence-corrected chi connectivity index (χ4v) is 2.24. The van der Waals surface area contributed by atoms with Gasteiger partial charge in [-0.05, 0) is 43.5 Å². The number of hydrogen-bond donors (Lipinski definition) is 3. The average molecular weight is 313 g/mol. The van der Waals surface area contributed by atoms with Crippen molar-refractivity contribution in [2.75, 3.05) is 18.5 Å². The molecule has 0 spiro atoms. The molecule has 2 rings (SSSR count). The van der Waals surface area contributed by atoms with E-state index in [-0.39, 0.29) is 18.1 Å². The third-order valence-electron chi connectivity index (χ3n) is 3.35. The van der Waals surface area contributed by atoms with Gasteiger partial charge in [0.05, 0.1) is 6.61 Å². The van der Waals surface area contributed by atoms with Crippen LogP contribution in [0.1, 0.15) is 18.4 Å². The van der Waals surface area contributed by atoms with E-state index in [2.05, 4.69) is 26.6 Å². The van der Waals surface area contributed by atoms with Crippen molar-refractivity contribution in [1.82, 2.24) is 5.32 Å². The molecule has 0 atom stereocenters. The molecular weight excluding hydrogens is 296 g/mol.